The SMILES string of the molecule is CCC(CC)(CNCC(C)C)Cc1cc(Cl)ccc1Cl. The van der Waals surface area contributed by atoms with Gasteiger partial charge in [-0.15, -0.1) is 0 Å². The monoisotopic (exact) mass is 315 g/mol. The normalized spacial score (nSPS) is 12.2. The second-order valence-corrected chi connectivity index (χ2v) is 6.99. The Hall–Kier alpha value is -0.240. The van der Waals surface area contributed by atoms with E-state index in [1.54, 1.807) is 0 Å². The number of hydrogen-bond donors (Lipinski definition) is 1. The van der Waals surface area contributed by atoms with Crippen LogP contribution in [0.4, 0.5) is 0 Å². The van der Waals surface area contributed by atoms with E-state index in [9.17, 15) is 0 Å². The molecule has 0 saturated heterocycles. The summed E-state index contributed by atoms with van der Waals surface area (Å²) in [4.78, 5) is 0. The molecule has 114 valence electrons. The van der Waals surface area contributed by atoms with Crippen LogP contribution in [0.15, 0.2) is 18.2 Å². The van der Waals surface area contributed by atoms with Crippen molar-refractivity contribution in [2.75, 3.05) is 13.1 Å². The number of rotatable bonds is 8. The maximum atomic E-state index is 6.32. The molecule has 0 spiro atoms. The third-order valence-electron chi connectivity index (χ3n) is 4.13. The van der Waals surface area contributed by atoms with Crippen molar-refractivity contribution in [1.82, 2.24) is 5.32 Å². The molecule has 3 heteroatoms. The lowest BCUT2D eigenvalue weighted by atomic mass is 9.76. The molecule has 1 aromatic carbocycles. The average molecular weight is 316 g/mol. The highest BCUT2D eigenvalue weighted by atomic mass is 35.5. The standard InChI is InChI=1S/C17H27Cl2N/c1-5-17(6-2,12-20-11-13(3)4)10-14-9-15(18)7-8-16(14)19/h7-9,13,20H,5-6,10-12H2,1-4H3. The minimum absolute atomic E-state index is 0.253. The summed E-state index contributed by atoms with van der Waals surface area (Å²) in [6.45, 7) is 11.1. The highest BCUT2D eigenvalue weighted by Gasteiger charge is 2.27. The summed E-state index contributed by atoms with van der Waals surface area (Å²) in [6.07, 6.45) is 3.25. The second kappa shape index (κ2) is 8.26. The van der Waals surface area contributed by atoms with Gasteiger partial charge in [-0.2, -0.15) is 0 Å². The van der Waals surface area contributed by atoms with E-state index in [1.807, 2.05) is 18.2 Å². The Labute approximate surface area is 134 Å². The van der Waals surface area contributed by atoms with Crippen molar-refractivity contribution >= 4 is 23.2 Å². The van der Waals surface area contributed by atoms with Crippen molar-refractivity contribution < 1.29 is 0 Å². The maximum Gasteiger partial charge on any atom is 0.0439 e. The van der Waals surface area contributed by atoms with E-state index in [0.717, 1.165) is 48.0 Å². The van der Waals surface area contributed by atoms with Crippen molar-refractivity contribution in [3.8, 4) is 0 Å². The number of nitrogens with one attached hydrogen (secondary N) is 1. The molecule has 0 atom stereocenters. The van der Waals surface area contributed by atoms with Gasteiger partial charge in [0.1, 0.15) is 0 Å². The first-order valence-corrected chi connectivity index (χ1v) is 8.32. The number of halogens is 2. The van der Waals surface area contributed by atoms with Crippen molar-refractivity contribution in [3.05, 3.63) is 33.8 Å². The summed E-state index contributed by atoms with van der Waals surface area (Å²) in [6, 6.07) is 5.76. The van der Waals surface area contributed by atoms with Crippen LogP contribution in [0.5, 0.6) is 0 Å². The molecule has 0 unspecified atom stereocenters. The van der Waals surface area contributed by atoms with Crippen LogP contribution in [-0.2, 0) is 6.42 Å². The summed E-state index contributed by atoms with van der Waals surface area (Å²) in [7, 11) is 0. The van der Waals surface area contributed by atoms with Gasteiger partial charge in [-0.05, 0) is 60.9 Å². The van der Waals surface area contributed by atoms with Gasteiger partial charge in [0.2, 0.25) is 0 Å². The molecule has 0 bridgehead atoms. The van der Waals surface area contributed by atoms with Gasteiger partial charge < -0.3 is 5.32 Å². The minimum atomic E-state index is 0.253. The van der Waals surface area contributed by atoms with E-state index in [0.29, 0.717) is 5.92 Å². The van der Waals surface area contributed by atoms with Crippen LogP contribution in [0.25, 0.3) is 0 Å². The molecule has 0 aliphatic heterocycles. The van der Waals surface area contributed by atoms with Crippen LogP contribution in [-0.4, -0.2) is 13.1 Å². The molecule has 1 nitrogen and oxygen atoms in total. The van der Waals surface area contributed by atoms with E-state index < -0.39 is 0 Å². The molecule has 0 aromatic heterocycles. The maximum absolute atomic E-state index is 6.32. The van der Waals surface area contributed by atoms with Gasteiger partial charge >= 0.3 is 0 Å². The molecule has 0 aliphatic rings. The third-order valence-corrected chi connectivity index (χ3v) is 4.73. The first kappa shape index (κ1) is 17.8. The molecule has 0 radical (unpaired) electrons. The highest BCUT2D eigenvalue weighted by Crippen LogP contribution is 2.34. The smallest absolute Gasteiger partial charge is 0.0439 e. The van der Waals surface area contributed by atoms with Crippen LogP contribution in [0.1, 0.15) is 46.1 Å². The summed E-state index contributed by atoms with van der Waals surface area (Å²) in [5.74, 6) is 0.677. The predicted molar refractivity (Wildman–Crippen MR) is 90.9 cm³/mol. The van der Waals surface area contributed by atoms with Gasteiger partial charge in [-0.1, -0.05) is 50.9 Å². The minimum Gasteiger partial charge on any atom is -0.316 e. The van der Waals surface area contributed by atoms with Crippen LogP contribution < -0.4 is 5.32 Å². The Balaban J connectivity index is 2.81. The van der Waals surface area contributed by atoms with E-state index >= 15 is 0 Å². The number of hydrogen-bond acceptors (Lipinski definition) is 1. The quantitative estimate of drug-likeness (QED) is 0.659. The van der Waals surface area contributed by atoms with Crippen molar-refractivity contribution in [3.63, 3.8) is 0 Å². The van der Waals surface area contributed by atoms with E-state index in [4.69, 9.17) is 23.2 Å². The Morgan fingerprint density at radius 3 is 2.35 bits per heavy atom. The van der Waals surface area contributed by atoms with E-state index in [2.05, 4.69) is 33.0 Å². The lowest BCUT2D eigenvalue weighted by Crippen LogP contribution is -2.37. The molecule has 20 heavy (non-hydrogen) atoms. The molecule has 1 aromatic rings. The largest absolute Gasteiger partial charge is 0.316 e. The highest BCUT2D eigenvalue weighted by molar-refractivity contribution is 6.33. The summed E-state index contributed by atoms with van der Waals surface area (Å²) in [5, 5.41) is 5.19. The van der Waals surface area contributed by atoms with Crippen LogP contribution in [0, 0.1) is 11.3 Å². The Bertz CT molecular complexity index is 411. The van der Waals surface area contributed by atoms with Crippen molar-refractivity contribution in [1.29, 1.82) is 0 Å². The van der Waals surface area contributed by atoms with E-state index in [-0.39, 0.29) is 5.41 Å². The molecule has 0 saturated carbocycles. The molecule has 0 heterocycles. The van der Waals surface area contributed by atoms with Gasteiger partial charge in [0.05, 0.1) is 0 Å². The fourth-order valence-corrected chi connectivity index (χ4v) is 2.90. The van der Waals surface area contributed by atoms with E-state index in [1.165, 1.54) is 0 Å². The Kier molecular flexibility index (Phi) is 7.36. The fraction of sp³-hybridized carbons (Fsp3) is 0.647. The molecule has 0 amide bonds. The Morgan fingerprint density at radius 1 is 1.15 bits per heavy atom. The summed E-state index contributed by atoms with van der Waals surface area (Å²) < 4.78 is 0. The lowest BCUT2D eigenvalue weighted by molar-refractivity contribution is 0.243. The van der Waals surface area contributed by atoms with Gasteiger partial charge in [-0.3, -0.25) is 0 Å². The first-order valence-electron chi connectivity index (χ1n) is 7.57. The lowest BCUT2D eigenvalue weighted by Gasteiger charge is -2.33. The molecular weight excluding hydrogens is 289 g/mol. The van der Waals surface area contributed by atoms with Gasteiger partial charge in [0, 0.05) is 16.6 Å². The Morgan fingerprint density at radius 2 is 1.80 bits per heavy atom. The molecule has 0 fully saturated rings. The predicted octanol–water partition coefficient (Wildman–Crippen LogP) is 5.59. The summed E-state index contributed by atoms with van der Waals surface area (Å²) in [5.41, 5.74) is 1.41. The molecule has 1 rings (SSSR count). The van der Waals surface area contributed by atoms with Gasteiger partial charge in [0.25, 0.3) is 0 Å². The zero-order chi connectivity index (χ0) is 15.2. The van der Waals surface area contributed by atoms with Gasteiger partial charge in [0.15, 0.2) is 0 Å². The van der Waals surface area contributed by atoms with Crippen molar-refractivity contribution in [2.45, 2.75) is 47.0 Å². The molecular formula is C17H27Cl2N. The second-order valence-electron chi connectivity index (χ2n) is 6.14. The van der Waals surface area contributed by atoms with Crippen LogP contribution in [0.3, 0.4) is 0 Å². The number of benzene rings is 1. The van der Waals surface area contributed by atoms with Gasteiger partial charge in [-0.25, -0.2) is 0 Å². The van der Waals surface area contributed by atoms with Crippen LogP contribution >= 0.6 is 23.2 Å². The van der Waals surface area contributed by atoms with Crippen LogP contribution in [0.2, 0.25) is 10.0 Å². The van der Waals surface area contributed by atoms with Crippen molar-refractivity contribution in [2.24, 2.45) is 11.3 Å². The summed E-state index contributed by atoms with van der Waals surface area (Å²) >= 11 is 12.4. The topological polar surface area (TPSA) is 12.0 Å². The third kappa shape index (κ3) is 5.27. The fourth-order valence-electron chi connectivity index (χ4n) is 2.52. The first-order chi connectivity index (χ1) is 9.42. The zero-order valence-corrected chi connectivity index (χ0v) is 14.6. The molecule has 1 N–H and O–H groups in total. The average Bonchev–Trinajstić information content (AvgIpc) is 2.41. The zero-order valence-electron chi connectivity index (χ0n) is 13.1. The molecule has 0 aliphatic carbocycles.